The minimum absolute atomic E-state index is 0.159. The maximum Gasteiger partial charge on any atom is 0.135 e. The Morgan fingerprint density at radius 3 is 2.71 bits per heavy atom. The maximum absolute atomic E-state index is 14.3. The van der Waals surface area contributed by atoms with Crippen molar-refractivity contribution in [1.29, 1.82) is 0 Å². The number of hydrogen-bond acceptors (Lipinski definition) is 5. The highest BCUT2D eigenvalue weighted by molar-refractivity contribution is 6.06. The smallest absolute Gasteiger partial charge is 0.135 e. The van der Waals surface area contributed by atoms with Crippen LogP contribution in [0, 0.1) is 12.7 Å². The molecule has 0 radical (unpaired) electrons. The van der Waals surface area contributed by atoms with Gasteiger partial charge in [-0.05, 0) is 60.7 Å². The van der Waals surface area contributed by atoms with Gasteiger partial charge < -0.3 is 4.98 Å². The van der Waals surface area contributed by atoms with Crippen LogP contribution in [0.3, 0.4) is 0 Å². The van der Waals surface area contributed by atoms with E-state index in [2.05, 4.69) is 39.4 Å². The van der Waals surface area contributed by atoms with Crippen LogP contribution in [0.5, 0.6) is 0 Å². The lowest BCUT2D eigenvalue weighted by Gasteiger charge is -2.43. The SMILES string of the molecule is C=C/C(F)=C\c1[nH]c2c(c1C)C[C@H](C1=NCC(c3ccc(F)cc3)=NN1)NC2(CCCC)c1cnn(C)c1. The first kappa shape index (κ1) is 25.8. The second-order valence-electron chi connectivity index (χ2n) is 9.94. The predicted molar refractivity (Wildman–Crippen MR) is 147 cm³/mol. The molecule has 7 nitrogen and oxygen atoms in total. The summed E-state index contributed by atoms with van der Waals surface area (Å²) in [5, 5.41) is 13.0. The molecule has 0 fully saturated rings. The lowest BCUT2D eigenvalue weighted by molar-refractivity contribution is 0.311. The number of aromatic nitrogens is 3. The van der Waals surface area contributed by atoms with Gasteiger partial charge in [-0.3, -0.25) is 20.4 Å². The van der Waals surface area contributed by atoms with Crippen molar-refractivity contribution in [3.05, 3.63) is 94.6 Å². The van der Waals surface area contributed by atoms with Crippen LogP contribution >= 0.6 is 0 Å². The van der Waals surface area contributed by atoms with Crippen LogP contribution < -0.4 is 10.7 Å². The Labute approximate surface area is 221 Å². The Balaban J connectivity index is 1.55. The number of aryl methyl sites for hydroxylation is 1. The van der Waals surface area contributed by atoms with Crippen molar-refractivity contribution in [2.24, 2.45) is 17.1 Å². The largest absolute Gasteiger partial charge is 0.357 e. The summed E-state index contributed by atoms with van der Waals surface area (Å²) >= 11 is 0. The van der Waals surface area contributed by atoms with E-state index >= 15 is 0 Å². The summed E-state index contributed by atoms with van der Waals surface area (Å²) < 4.78 is 29.5. The van der Waals surface area contributed by atoms with E-state index in [1.54, 1.807) is 16.8 Å². The predicted octanol–water partition coefficient (Wildman–Crippen LogP) is 5.05. The number of nitrogens with one attached hydrogen (secondary N) is 3. The molecule has 1 unspecified atom stereocenters. The molecule has 0 aliphatic carbocycles. The number of halogens is 2. The third-order valence-corrected chi connectivity index (χ3v) is 7.47. The van der Waals surface area contributed by atoms with E-state index in [-0.39, 0.29) is 11.9 Å². The van der Waals surface area contributed by atoms with Crippen molar-refractivity contribution in [3.8, 4) is 0 Å². The number of fused-ring (bicyclic) bond motifs is 1. The second-order valence-corrected chi connectivity index (χ2v) is 9.94. The van der Waals surface area contributed by atoms with E-state index in [1.165, 1.54) is 24.3 Å². The van der Waals surface area contributed by atoms with Gasteiger partial charge in [-0.15, -0.1) is 0 Å². The average molecular weight is 518 g/mol. The van der Waals surface area contributed by atoms with E-state index in [0.29, 0.717) is 13.0 Å². The normalized spacial score (nSPS) is 21.4. The van der Waals surface area contributed by atoms with Crippen molar-refractivity contribution in [1.82, 2.24) is 25.5 Å². The van der Waals surface area contributed by atoms with Crippen LogP contribution in [0.4, 0.5) is 8.78 Å². The van der Waals surface area contributed by atoms with E-state index in [4.69, 9.17) is 4.99 Å². The molecule has 2 atom stereocenters. The average Bonchev–Trinajstić information content (AvgIpc) is 3.51. The zero-order valence-electron chi connectivity index (χ0n) is 22.0. The topological polar surface area (TPSA) is 82.4 Å². The first-order chi connectivity index (χ1) is 18.3. The molecule has 198 valence electrons. The molecule has 3 N–H and O–H groups in total. The van der Waals surface area contributed by atoms with E-state index in [9.17, 15) is 8.78 Å². The Kier molecular flexibility index (Phi) is 7.12. The Morgan fingerprint density at radius 1 is 1.29 bits per heavy atom. The molecular weight excluding hydrogens is 484 g/mol. The first-order valence-corrected chi connectivity index (χ1v) is 13.0. The maximum atomic E-state index is 14.3. The summed E-state index contributed by atoms with van der Waals surface area (Å²) in [6.45, 7) is 8.14. The molecule has 0 saturated heterocycles. The van der Waals surface area contributed by atoms with Gasteiger partial charge in [-0.1, -0.05) is 38.5 Å². The molecule has 38 heavy (non-hydrogen) atoms. The van der Waals surface area contributed by atoms with Crippen LogP contribution in [-0.2, 0) is 19.0 Å². The summed E-state index contributed by atoms with van der Waals surface area (Å²) in [6, 6.07) is 6.11. The second kappa shape index (κ2) is 10.5. The minimum Gasteiger partial charge on any atom is -0.357 e. The molecule has 2 aliphatic rings. The summed E-state index contributed by atoms with van der Waals surface area (Å²) in [5.74, 6) is 0.0614. The fourth-order valence-corrected chi connectivity index (χ4v) is 5.40. The quantitative estimate of drug-likeness (QED) is 0.366. The molecule has 0 amide bonds. The summed E-state index contributed by atoms with van der Waals surface area (Å²) in [6.07, 6.45) is 10.1. The van der Waals surface area contributed by atoms with Gasteiger partial charge in [0.1, 0.15) is 17.5 Å². The molecule has 0 bridgehead atoms. The third-order valence-electron chi connectivity index (χ3n) is 7.47. The Hall–Kier alpha value is -3.85. The van der Waals surface area contributed by atoms with Gasteiger partial charge >= 0.3 is 0 Å². The number of benzene rings is 1. The number of unbranched alkanes of at least 4 members (excludes halogenated alkanes) is 1. The molecule has 2 aromatic heterocycles. The van der Waals surface area contributed by atoms with Gasteiger partial charge in [0, 0.05) is 30.2 Å². The summed E-state index contributed by atoms with van der Waals surface area (Å²) in [7, 11) is 1.91. The number of allylic oxidation sites excluding steroid dienone is 2. The molecule has 1 aromatic carbocycles. The number of H-pyrrole nitrogens is 1. The summed E-state index contributed by atoms with van der Waals surface area (Å²) in [5.41, 5.74) is 9.10. The third kappa shape index (κ3) is 4.74. The number of amidine groups is 1. The monoisotopic (exact) mass is 517 g/mol. The highest BCUT2D eigenvalue weighted by atomic mass is 19.1. The molecule has 5 rings (SSSR count). The lowest BCUT2D eigenvalue weighted by Crippen LogP contribution is -2.58. The highest BCUT2D eigenvalue weighted by Crippen LogP contribution is 2.42. The molecular formula is C29H33F2N7. The van der Waals surface area contributed by atoms with Crippen molar-refractivity contribution >= 4 is 17.6 Å². The van der Waals surface area contributed by atoms with Crippen LogP contribution in [0.15, 0.2) is 65.2 Å². The van der Waals surface area contributed by atoms with Gasteiger partial charge in [0.25, 0.3) is 0 Å². The van der Waals surface area contributed by atoms with Crippen molar-refractivity contribution in [3.63, 3.8) is 0 Å². The standard InChI is InChI=1S/C29H33F2N7/c1-5-7-12-29(20-15-33-38(4)17-20)27-23(18(3)24(34-27)13-21(30)6-2)14-25(35-29)28-32-16-26(36-37-28)19-8-10-22(31)11-9-19/h6,8-11,13,15,17,25,34-35H,2,5,7,12,14,16H2,1,3-4H3,(H,32,37)/b21-13+/t25-,29?/m1/s1. The Morgan fingerprint density at radius 2 is 2.08 bits per heavy atom. The van der Waals surface area contributed by atoms with Gasteiger partial charge in [0.15, 0.2) is 0 Å². The first-order valence-electron chi connectivity index (χ1n) is 13.0. The molecule has 0 saturated carbocycles. The van der Waals surface area contributed by atoms with E-state index < -0.39 is 11.4 Å². The lowest BCUT2D eigenvalue weighted by atomic mass is 9.76. The van der Waals surface area contributed by atoms with Crippen molar-refractivity contribution in [2.45, 2.75) is 51.1 Å². The molecule has 4 heterocycles. The molecule has 0 spiro atoms. The highest BCUT2D eigenvalue weighted by Gasteiger charge is 2.45. The molecule has 9 heteroatoms. The number of rotatable bonds is 8. The van der Waals surface area contributed by atoms with Crippen molar-refractivity contribution < 1.29 is 8.78 Å². The number of nitrogens with zero attached hydrogens (tertiary/aromatic N) is 4. The zero-order valence-corrected chi connectivity index (χ0v) is 22.0. The minimum atomic E-state index is -0.574. The van der Waals surface area contributed by atoms with E-state index in [1.807, 2.05) is 26.4 Å². The van der Waals surface area contributed by atoms with Crippen LogP contribution in [0.25, 0.3) is 6.08 Å². The zero-order chi connectivity index (χ0) is 26.9. The van der Waals surface area contributed by atoms with Gasteiger partial charge in [-0.25, -0.2) is 8.78 Å². The number of aliphatic imine (C=N–C) groups is 1. The summed E-state index contributed by atoms with van der Waals surface area (Å²) in [4.78, 5) is 8.40. The molecule has 3 aromatic rings. The number of aromatic amines is 1. The van der Waals surface area contributed by atoms with Gasteiger partial charge in [0.2, 0.25) is 0 Å². The number of hydrazone groups is 1. The van der Waals surface area contributed by atoms with Crippen LogP contribution in [0.1, 0.15) is 59.8 Å². The van der Waals surface area contributed by atoms with Crippen molar-refractivity contribution in [2.75, 3.05) is 6.54 Å². The fourth-order valence-electron chi connectivity index (χ4n) is 5.40. The fraction of sp³-hybridized carbons (Fsp3) is 0.345. The van der Waals surface area contributed by atoms with Gasteiger partial charge in [-0.2, -0.15) is 10.2 Å². The van der Waals surface area contributed by atoms with Crippen LogP contribution in [0.2, 0.25) is 0 Å². The Bertz CT molecular complexity index is 1430. The molecule has 2 aliphatic heterocycles. The van der Waals surface area contributed by atoms with Crippen LogP contribution in [-0.4, -0.2) is 38.9 Å². The van der Waals surface area contributed by atoms with Gasteiger partial charge in [0.05, 0.1) is 30.0 Å². The van der Waals surface area contributed by atoms with E-state index in [0.717, 1.165) is 64.5 Å². The number of hydrogen-bond donors (Lipinski definition) is 3.